The molecule has 2 aromatic carbocycles. The van der Waals surface area contributed by atoms with Crippen LogP contribution in [-0.2, 0) is 22.5 Å². The standard InChI is InChI=1S/C17H18Cl2N2O2.ClH/c1-23-17(22)16(20)9-11-5-7-12(8-6-11)21-10-13-14(18)3-2-4-15(13)19;/h2-8,16,21H,9-10,20H2,1H3;1H/t16-;/m0./s1. The van der Waals surface area contributed by atoms with Crippen molar-refractivity contribution >= 4 is 47.3 Å². The predicted molar refractivity (Wildman–Crippen MR) is 101 cm³/mol. The first kappa shape index (κ1) is 20.6. The number of carbonyl (C=O) groups is 1. The monoisotopic (exact) mass is 388 g/mol. The number of methoxy groups -OCH3 is 1. The molecule has 0 aliphatic carbocycles. The van der Waals surface area contributed by atoms with Gasteiger partial charge >= 0.3 is 5.97 Å². The maximum Gasteiger partial charge on any atom is 0.322 e. The Labute approximate surface area is 157 Å². The van der Waals surface area contributed by atoms with E-state index in [1.165, 1.54) is 7.11 Å². The molecule has 0 aromatic heterocycles. The molecular formula is C17H19Cl3N2O2. The highest BCUT2D eigenvalue weighted by Gasteiger charge is 2.14. The van der Waals surface area contributed by atoms with Crippen LogP contribution in [0.25, 0.3) is 0 Å². The second-order valence-corrected chi connectivity index (χ2v) is 5.90. The first-order valence-corrected chi connectivity index (χ1v) is 7.86. The molecule has 1 atom stereocenters. The van der Waals surface area contributed by atoms with E-state index in [9.17, 15) is 4.79 Å². The number of hydrogen-bond acceptors (Lipinski definition) is 4. The number of halogens is 3. The molecule has 130 valence electrons. The maximum atomic E-state index is 11.3. The van der Waals surface area contributed by atoms with E-state index in [2.05, 4.69) is 10.1 Å². The van der Waals surface area contributed by atoms with Crippen LogP contribution in [0, 0.1) is 0 Å². The van der Waals surface area contributed by atoms with E-state index >= 15 is 0 Å². The van der Waals surface area contributed by atoms with Crippen molar-refractivity contribution in [3.8, 4) is 0 Å². The Morgan fingerprint density at radius 1 is 1.17 bits per heavy atom. The van der Waals surface area contributed by atoms with Crippen molar-refractivity contribution in [1.82, 2.24) is 0 Å². The van der Waals surface area contributed by atoms with Gasteiger partial charge in [-0.3, -0.25) is 4.79 Å². The summed E-state index contributed by atoms with van der Waals surface area (Å²) in [6.45, 7) is 0.527. The first-order chi connectivity index (χ1) is 11.0. The molecule has 2 aromatic rings. The Morgan fingerprint density at radius 2 is 1.75 bits per heavy atom. The fourth-order valence-electron chi connectivity index (χ4n) is 2.14. The SMILES string of the molecule is COC(=O)[C@@H](N)Cc1ccc(NCc2c(Cl)cccc2Cl)cc1.Cl. The molecule has 4 nitrogen and oxygen atoms in total. The van der Waals surface area contributed by atoms with Crippen molar-refractivity contribution in [1.29, 1.82) is 0 Å². The molecule has 0 saturated heterocycles. The zero-order chi connectivity index (χ0) is 16.8. The summed E-state index contributed by atoms with van der Waals surface area (Å²) in [4.78, 5) is 11.3. The van der Waals surface area contributed by atoms with Gasteiger partial charge in [0, 0.05) is 27.8 Å². The number of hydrogen-bond donors (Lipinski definition) is 2. The predicted octanol–water partition coefficient (Wildman–Crippen LogP) is 4.07. The lowest BCUT2D eigenvalue weighted by molar-refractivity contribution is -0.142. The lowest BCUT2D eigenvalue weighted by atomic mass is 10.1. The molecule has 0 aliphatic rings. The van der Waals surface area contributed by atoms with Crippen LogP contribution in [0.2, 0.25) is 10.0 Å². The molecule has 0 fully saturated rings. The third-order valence-corrected chi connectivity index (χ3v) is 4.15. The van der Waals surface area contributed by atoms with Gasteiger partial charge in [0.1, 0.15) is 6.04 Å². The van der Waals surface area contributed by atoms with Crippen molar-refractivity contribution < 1.29 is 9.53 Å². The molecule has 7 heteroatoms. The van der Waals surface area contributed by atoms with Crippen LogP contribution >= 0.6 is 35.6 Å². The van der Waals surface area contributed by atoms with E-state index in [0.29, 0.717) is 23.0 Å². The highest BCUT2D eigenvalue weighted by Crippen LogP contribution is 2.25. The Kier molecular flexibility index (Phi) is 8.36. The third kappa shape index (κ3) is 5.56. The molecule has 0 saturated carbocycles. The summed E-state index contributed by atoms with van der Waals surface area (Å²) >= 11 is 12.3. The average Bonchev–Trinajstić information content (AvgIpc) is 2.55. The van der Waals surface area contributed by atoms with Crippen LogP contribution in [0.5, 0.6) is 0 Å². The maximum absolute atomic E-state index is 11.3. The lowest BCUT2D eigenvalue weighted by Gasteiger charge is -2.12. The number of nitrogens with two attached hydrogens (primary N) is 1. The zero-order valence-corrected chi connectivity index (χ0v) is 15.4. The Balaban J connectivity index is 0.00000288. The van der Waals surface area contributed by atoms with Crippen LogP contribution in [0.1, 0.15) is 11.1 Å². The van der Waals surface area contributed by atoms with E-state index in [1.54, 1.807) is 0 Å². The minimum Gasteiger partial charge on any atom is -0.468 e. The van der Waals surface area contributed by atoms with E-state index in [0.717, 1.165) is 16.8 Å². The first-order valence-electron chi connectivity index (χ1n) is 7.10. The van der Waals surface area contributed by atoms with Gasteiger partial charge in [0.15, 0.2) is 0 Å². The number of ether oxygens (including phenoxy) is 1. The van der Waals surface area contributed by atoms with Crippen molar-refractivity contribution in [3.63, 3.8) is 0 Å². The van der Waals surface area contributed by atoms with E-state index in [1.807, 2.05) is 42.5 Å². The summed E-state index contributed by atoms with van der Waals surface area (Å²) < 4.78 is 4.62. The Bertz CT molecular complexity index is 658. The van der Waals surface area contributed by atoms with Crippen molar-refractivity contribution in [3.05, 3.63) is 63.6 Å². The van der Waals surface area contributed by atoms with Gasteiger partial charge in [-0.1, -0.05) is 41.4 Å². The average molecular weight is 390 g/mol. The molecular weight excluding hydrogens is 371 g/mol. The lowest BCUT2D eigenvalue weighted by Crippen LogP contribution is -2.33. The number of nitrogens with one attached hydrogen (secondary N) is 1. The summed E-state index contributed by atoms with van der Waals surface area (Å²) in [6.07, 6.45) is 0.434. The molecule has 2 rings (SSSR count). The number of rotatable bonds is 6. The van der Waals surface area contributed by atoms with Crippen molar-refractivity contribution in [2.24, 2.45) is 5.73 Å². The molecule has 0 amide bonds. The molecule has 0 unspecified atom stereocenters. The quantitative estimate of drug-likeness (QED) is 0.731. The van der Waals surface area contributed by atoms with Gasteiger partial charge in [-0.05, 0) is 36.2 Å². The normalized spacial score (nSPS) is 11.3. The van der Waals surface area contributed by atoms with Crippen molar-refractivity contribution in [2.45, 2.75) is 19.0 Å². The molecule has 0 bridgehead atoms. The largest absolute Gasteiger partial charge is 0.468 e. The second kappa shape index (κ2) is 9.74. The van der Waals surface area contributed by atoms with Crippen LogP contribution < -0.4 is 11.1 Å². The van der Waals surface area contributed by atoms with Gasteiger partial charge in [0.25, 0.3) is 0 Å². The van der Waals surface area contributed by atoms with Gasteiger partial charge < -0.3 is 15.8 Å². The highest BCUT2D eigenvalue weighted by molar-refractivity contribution is 6.36. The summed E-state index contributed by atoms with van der Waals surface area (Å²) in [6, 6.07) is 12.4. The van der Waals surface area contributed by atoms with Crippen LogP contribution in [0.15, 0.2) is 42.5 Å². The highest BCUT2D eigenvalue weighted by atomic mass is 35.5. The number of carbonyl (C=O) groups excluding carboxylic acids is 1. The number of anilines is 1. The van der Waals surface area contributed by atoms with Crippen LogP contribution in [0.3, 0.4) is 0 Å². The topological polar surface area (TPSA) is 64.3 Å². The molecule has 3 N–H and O–H groups in total. The molecule has 0 heterocycles. The van der Waals surface area contributed by atoms with Crippen LogP contribution in [-0.4, -0.2) is 19.1 Å². The van der Waals surface area contributed by atoms with Crippen LogP contribution in [0.4, 0.5) is 5.69 Å². The fourth-order valence-corrected chi connectivity index (χ4v) is 2.67. The fraction of sp³-hybridized carbons (Fsp3) is 0.235. The Hall–Kier alpha value is -1.46. The molecule has 0 aliphatic heterocycles. The second-order valence-electron chi connectivity index (χ2n) is 5.08. The summed E-state index contributed by atoms with van der Waals surface area (Å²) in [5.41, 5.74) is 8.49. The molecule has 0 spiro atoms. The van der Waals surface area contributed by atoms with E-state index in [-0.39, 0.29) is 12.4 Å². The van der Waals surface area contributed by atoms with Gasteiger partial charge in [-0.15, -0.1) is 12.4 Å². The summed E-state index contributed by atoms with van der Waals surface area (Å²) in [5.74, 6) is -0.416. The van der Waals surface area contributed by atoms with E-state index < -0.39 is 12.0 Å². The molecule has 24 heavy (non-hydrogen) atoms. The smallest absolute Gasteiger partial charge is 0.322 e. The minimum absolute atomic E-state index is 0. The van der Waals surface area contributed by atoms with Gasteiger partial charge in [-0.25, -0.2) is 0 Å². The number of esters is 1. The van der Waals surface area contributed by atoms with Gasteiger partial charge in [-0.2, -0.15) is 0 Å². The number of benzene rings is 2. The summed E-state index contributed by atoms with van der Waals surface area (Å²) in [5, 5.41) is 4.53. The minimum atomic E-state index is -0.652. The summed E-state index contributed by atoms with van der Waals surface area (Å²) in [7, 11) is 1.33. The third-order valence-electron chi connectivity index (χ3n) is 3.44. The van der Waals surface area contributed by atoms with Crippen molar-refractivity contribution in [2.75, 3.05) is 12.4 Å². The van der Waals surface area contributed by atoms with Gasteiger partial charge in [0.2, 0.25) is 0 Å². The van der Waals surface area contributed by atoms with Gasteiger partial charge in [0.05, 0.1) is 7.11 Å². The van der Waals surface area contributed by atoms with E-state index in [4.69, 9.17) is 28.9 Å². The zero-order valence-electron chi connectivity index (χ0n) is 13.1. The Morgan fingerprint density at radius 3 is 2.29 bits per heavy atom. The molecule has 0 radical (unpaired) electrons.